The van der Waals surface area contributed by atoms with Gasteiger partial charge in [-0.1, -0.05) is 12.1 Å². The van der Waals surface area contributed by atoms with Crippen LogP contribution < -0.4 is 20.1 Å². The number of nitrogens with one attached hydrogen (secondary N) is 2. The number of guanidine groups is 1. The summed E-state index contributed by atoms with van der Waals surface area (Å²) in [6.45, 7) is 5.22. The molecule has 2 aromatic rings. The first-order valence-electron chi connectivity index (χ1n) is 10.2. The predicted octanol–water partition coefficient (Wildman–Crippen LogP) is 1.71. The zero-order chi connectivity index (χ0) is 21.0. The lowest BCUT2D eigenvalue weighted by Gasteiger charge is -2.35. The first kappa shape index (κ1) is 21.9. The van der Waals surface area contributed by atoms with E-state index in [1.165, 1.54) is 5.56 Å². The number of rotatable bonds is 9. The normalized spacial score (nSPS) is 16.0. The van der Waals surface area contributed by atoms with E-state index in [0.29, 0.717) is 13.2 Å². The number of pyridine rings is 1. The van der Waals surface area contributed by atoms with Crippen LogP contribution in [0, 0.1) is 0 Å². The van der Waals surface area contributed by atoms with E-state index in [4.69, 9.17) is 14.2 Å². The molecule has 0 saturated carbocycles. The van der Waals surface area contributed by atoms with Gasteiger partial charge in [-0.25, -0.2) is 0 Å². The Kier molecular flexibility index (Phi) is 8.74. The highest BCUT2D eigenvalue weighted by molar-refractivity contribution is 5.79. The van der Waals surface area contributed by atoms with Gasteiger partial charge in [0.2, 0.25) is 0 Å². The first-order chi connectivity index (χ1) is 14.8. The molecule has 1 aromatic heterocycles. The summed E-state index contributed by atoms with van der Waals surface area (Å²) in [6, 6.07) is 12.2. The minimum absolute atomic E-state index is 0.213. The second-order valence-corrected chi connectivity index (χ2v) is 6.85. The molecule has 1 unspecified atom stereocenters. The van der Waals surface area contributed by atoms with Gasteiger partial charge in [0, 0.05) is 32.9 Å². The summed E-state index contributed by atoms with van der Waals surface area (Å²) in [5.41, 5.74) is 1.24. The van der Waals surface area contributed by atoms with Crippen molar-refractivity contribution in [3.63, 3.8) is 0 Å². The maximum Gasteiger partial charge on any atom is 0.191 e. The number of ether oxygens (including phenoxy) is 3. The summed E-state index contributed by atoms with van der Waals surface area (Å²) in [5, 5.41) is 6.75. The lowest BCUT2D eigenvalue weighted by molar-refractivity contribution is 0.0170. The Labute approximate surface area is 178 Å². The summed E-state index contributed by atoms with van der Waals surface area (Å²) in [7, 11) is 3.46. The number of benzene rings is 1. The van der Waals surface area contributed by atoms with Crippen molar-refractivity contribution in [2.45, 2.75) is 6.04 Å². The molecule has 1 fully saturated rings. The quantitative estimate of drug-likeness (QED) is 0.368. The topological polar surface area (TPSA) is 80.2 Å². The molecule has 1 atom stereocenters. The molecular weight excluding hydrogens is 382 g/mol. The fourth-order valence-electron chi connectivity index (χ4n) is 3.36. The van der Waals surface area contributed by atoms with Crippen molar-refractivity contribution >= 4 is 5.96 Å². The van der Waals surface area contributed by atoms with Crippen molar-refractivity contribution in [2.75, 3.05) is 60.2 Å². The molecule has 2 heterocycles. The van der Waals surface area contributed by atoms with Crippen molar-refractivity contribution in [1.82, 2.24) is 20.5 Å². The number of nitrogens with zero attached hydrogens (tertiary/aromatic N) is 3. The van der Waals surface area contributed by atoms with Crippen LogP contribution in [-0.2, 0) is 4.74 Å². The molecule has 30 heavy (non-hydrogen) atoms. The molecule has 0 bridgehead atoms. The Morgan fingerprint density at radius 3 is 2.63 bits per heavy atom. The van der Waals surface area contributed by atoms with Crippen LogP contribution >= 0.6 is 0 Å². The van der Waals surface area contributed by atoms with Crippen molar-refractivity contribution in [3.8, 4) is 11.5 Å². The predicted molar refractivity (Wildman–Crippen MR) is 117 cm³/mol. The highest BCUT2D eigenvalue weighted by atomic mass is 16.5. The summed E-state index contributed by atoms with van der Waals surface area (Å²) < 4.78 is 16.5. The molecular formula is C22H31N5O3. The third-order valence-corrected chi connectivity index (χ3v) is 4.97. The average Bonchev–Trinajstić information content (AvgIpc) is 2.82. The van der Waals surface area contributed by atoms with Gasteiger partial charge in [-0.15, -0.1) is 0 Å². The van der Waals surface area contributed by atoms with Crippen LogP contribution in [0.25, 0.3) is 0 Å². The van der Waals surface area contributed by atoms with Gasteiger partial charge in [0.15, 0.2) is 5.96 Å². The standard InChI is InChI=1S/C22H31N5O3/c1-23-22(25-10-13-30-20-4-3-9-24-16-20)26-17-21(27-11-14-29-15-12-27)18-5-7-19(28-2)8-6-18/h3-9,16,21H,10-15,17H2,1-2H3,(H2,23,25,26). The lowest BCUT2D eigenvalue weighted by atomic mass is 10.0. The van der Waals surface area contributed by atoms with E-state index < -0.39 is 0 Å². The van der Waals surface area contributed by atoms with Gasteiger partial charge in [-0.05, 0) is 29.8 Å². The number of methoxy groups -OCH3 is 1. The third-order valence-electron chi connectivity index (χ3n) is 4.97. The van der Waals surface area contributed by atoms with E-state index in [1.807, 2.05) is 24.3 Å². The molecule has 0 aliphatic carbocycles. The van der Waals surface area contributed by atoms with E-state index in [2.05, 4.69) is 37.6 Å². The van der Waals surface area contributed by atoms with Crippen molar-refractivity contribution in [2.24, 2.45) is 4.99 Å². The van der Waals surface area contributed by atoms with Crippen LogP contribution in [0.1, 0.15) is 11.6 Å². The molecule has 8 nitrogen and oxygen atoms in total. The summed E-state index contributed by atoms with van der Waals surface area (Å²) in [4.78, 5) is 10.8. The second-order valence-electron chi connectivity index (χ2n) is 6.85. The lowest BCUT2D eigenvalue weighted by Crippen LogP contribution is -2.46. The average molecular weight is 414 g/mol. The molecule has 0 amide bonds. The molecule has 3 rings (SSSR count). The Balaban J connectivity index is 1.53. The van der Waals surface area contributed by atoms with E-state index in [1.54, 1.807) is 26.6 Å². The van der Waals surface area contributed by atoms with Crippen LogP contribution in [0.5, 0.6) is 11.5 Å². The van der Waals surface area contributed by atoms with Crippen molar-refractivity contribution < 1.29 is 14.2 Å². The Bertz CT molecular complexity index is 764. The fourth-order valence-corrected chi connectivity index (χ4v) is 3.36. The highest BCUT2D eigenvalue weighted by Gasteiger charge is 2.23. The largest absolute Gasteiger partial charge is 0.497 e. The Morgan fingerprint density at radius 2 is 1.97 bits per heavy atom. The van der Waals surface area contributed by atoms with Gasteiger partial charge in [0.05, 0.1) is 39.1 Å². The molecule has 8 heteroatoms. The van der Waals surface area contributed by atoms with E-state index in [9.17, 15) is 0 Å². The monoisotopic (exact) mass is 413 g/mol. The van der Waals surface area contributed by atoms with Gasteiger partial charge in [-0.3, -0.25) is 14.9 Å². The number of aromatic nitrogens is 1. The van der Waals surface area contributed by atoms with Gasteiger partial charge in [-0.2, -0.15) is 0 Å². The number of hydrogen-bond acceptors (Lipinski definition) is 6. The Hall–Kier alpha value is -2.84. The maximum absolute atomic E-state index is 5.67. The van der Waals surface area contributed by atoms with Crippen LogP contribution in [-0.4, -0.2) is 76.0 Å². The molecule has 162 valence electrons. The zero-order valence-electron chi connectivity index (χ0n) is 17.7. The SMILES string of the molecule is CN=C(NCCOc1cccnc1)NCC(c1ccc(OC)cc1)N1CCOCC1. The minimum Gasteiger partial charge on any atom is -0.497 e. The van der Waals surface area contributed by atoms with Crippen LogP contribution in [0.4, 0.5) is 0 Å². The molecule has 1 aliphatic rings. The number of morpholine rings is 1. The summed E-state index contributed by atoms with van der Waals surface area (Å²) >= 11 is 0. The zero-order valence-corrected chi connectivity index (χ0v) is 17.7. The third kappa shape index (κ3) is 6.60. The van der Waals surface area contributed by atoms with Crippen LogP contribution in [0.2, 0.25) is 0 Å². The molecule has 1 aromatic carbocycles. The molecule has 2 N–H and O–H groups in total. The van der Waals surface area contributed by atoms with E-state index in [-0.39, 0.29) is 6.04 Å². The van der Waals surface area contributed by atoms with Gasteiger partial charge in [0.1, 0.15) is 18.1 Å². The molecule has 1 saturated heterocycles. The van der Waals surface area contributed by atoms with Gasteiger partial charge < -0.3 is 24.8 Å². The van der Waals surface area contributed by atoms with Gasteiger partial charge >= 0.3 is 0 Å². The van der Waals surface area contributed by atoms with Crippen molar-refractivity contribution in [3.05, 3.63) is 54.4 Å². The second kappa shape index (κ2) is 12.0. The summed E-state index contributed by atoms with van der Waals surface area (Å²) in [5.74, 6) is 2.37. The van der Waals surface area contributed by atoms with Crippen LogP contribution in [0.15, 0.2) is 53.8 Å². The molecule has 0 spiro atoms. The number of aliphatic imine (C=N–C) groups is 1. The maximum atomic E-state index is 5.67. The van der Waals surface area contributed by atoms with Crippen molar-refractivity contribution in [1.29, 1.82) is 0 Å². The first-order valence-corrected chi connectivity index (χ1v) is 10.2. The van der Waals surface area contributed by atoms with E-state index >= 15 is 0 Å². The fraction of sp³-hybridized carbons (Fsp3) is 0.455. The highest BCUT2D eigenvalue weighted by Crippen LogP contribution is 2.23. The summed E-state index contributed by atoms with van der Waals surface area (Å²) in [6.07, 6.45) is 3.43. The molecule has 0 radical (unpaired) electrons. The smallest absolute Gasteiger partial charge is 0.191 e. The van der Waals surface area contributed by atoms with Crippen LogP contribution in [0.3, 0.4) is 0 Å². The number of hydrogen-bond donors (Lipinski definition) is 2. The van der Waals surface area contributed by atoms with E-state index in [0.717, 1.165) is 50.3 Å². The Morgan fingerprint density at radius 1 is 1.17 bits per heavy atom. The van der Waals surface area contributed by atoms with Gasteiger partial charge in [0.25, 0.3) is 0 Å². The minimum atomic E-state index is 0.213. The molecule has 1 aliphatic heterocycles.